The number of rotatable bonds is 2. The summed E-state index contributed by atoms with van der Waals surface area (Å²) in [5.74, 6) is 0.967. The zero-order valence-electron chi connectivity index (χ0n) is 13.3. The van der Waals surface area contributed by atoms with E-state index in [4.69, 9.17) is 0 Å². The van der Waals surface area contributed by atoms with Gasteiger partial charge in [0.15, 0.2) is 0 Å². The molecular weight excluding hydrogens is 276 g/mol. The van der Waals surface area contributed by atoms with Gasteiger partial charge in [-0.2, -0.15) is 0 Å². The summed E-state index contributed by atoms with van der Waals surface area (Å²) in [6.07, 6.45) is 1.77. The van der Waals surface area contributed by atoms with E-state index in [1.165, 1.54) is 0 Å². The number of piperazine rings is 1. The van der Waals surface area contributed by atoms with Gasteiger partial charge < -0.3 is 14.8 Å². The van der Waals surface area contributed by atoms with Gasteiger partial charge in [-0.05, 0) is 39.0 Å². The van der Waals surface area contributed by atoms with Crippen molar-refractivity contribution in [2.45, 2.75) is 26.8 Å². The molecule has 0 unspecified atom stereocenters. The topological polar surface area (TPSA) is 50.2 Å². The fourth-order valence-corrected chi connectivity index (χ4v) is 3.12. The van der Waals surface area contributed by atoms with Crippen molar-refractivity contribution in [3.8, 4) is 5.82 Å². The largest absolute Gasteiger partial charge is 0.333 e. The van der Waals surface area contributed by atoms with E-state index >= 15 is 0 Å². The van der Waals surface area contributed by atoms with Crippen LogP contribution >= 0.6 is 0 Å². The molecule has 1 atom stereocenters. The summed E-state index contributed by atoms with van der Waals surface area (Å²) < 4.78 is 2.04. The van der Waals surface area contributed by atoms with Gasteiger partial charge in [-0.1, -0.05) is 6.07 Å². The van der Waals surface area contributed by atoms with Crippen molar-refractivity contribution in [3.63, 3.8) is 0 Å². The van der Waals surface area contributed by atoms with E-state index in [0.717, 1.165) is 42.4 Å². The summed E-state index contributed by atoms with van der Waals surface area (Å²) in [6, 6.07) is 8.01. The van der Waals surface area contributed by atoms with Gasteiger partial charge in [0.2, 0.25) is 0 Å². The standard InChI is InChI=1S/C17H22N4O/c1-12-10-15(17(22)20-9-8-18-11-13(20)2)14(3)21(12)16-6-4-5-7-19-16/h4-7,10,13,18H,8-9,11H2,1-3H3/t13-/m1/s1. The van der Waals surface area contributed by atoms with Gasteiger partial charge in [-0.15, -0.1) is 0 Å². The second-order valence-corrected chi connectivity index (χ2v) is 5.86. The summed E-state index contributed by atoms with van der Waals surface area (Å²) >= 11 is 0. The summed E-state index contributed by atoms with van der Waals surface area (Å²) in [6.45, 7) is 8.55. The van der Waals surface area contributed by atoms with Crippen molar-refractivity contribution in [1.29, 1.82) is 0 Å². The Balaban J connectivity index is 1.97. The first-order valence-electron chi connectivity index (χ1n) is 7.71. The van der Waals surface area contributed by atoms with Crippen molar-refractivity contribution >= 4 is 5.91 Å². The van der Waals surface area contributed by atoms with Crippen LogP contribution in [-0.4, -0.2) is 46.0 Å². The lowest BCUT2D eigenvalue weighted by atomic mass is 10.1. The molecule has 1 N–H and O–H groups in total. The van der Waals surface area contributed by atoms with E-state index < -0.39 is 0 Å². The number of aromatic nitrogens is 2. The number of aryl methyl sites for hydroxylation is 1. The van der Waals surface area contributed by atoms with E-state index in [2.05, 4.69) is 17.2 Å². The first-order chi connectivity index (χ1) is 10.6. The van der Waals surface area contributed by atoms with Crippen LogP contribution in [0.25, 0.3) is 5.82 Å². The Kier molecular flexibility index (Phi) is 3.98. The van der Waals surface area contributed by atoms with Crippen LogP contribution in [0.15, 0.2) is 30.5 Å². The van der Waals surface area contributed by atoms with Gasteiger partial charge in [0, 0.05) is 43.3 Å². The van der Waals surface area contributed by atoms with Crippen LogP contribution in [0.2, 0.25) is 0 Å². The number of hydrogen-bond donors (Lipinski definition) is 1. The lowest BCUT2D eigenvalue weighted by Gasteiger charge is -2.34. The smallest absolute Gasteiger partial charge is 0.256 e. The van der Waals surface area contributed by atoms with Crippen LogP contribution in [0.3, 0.4) is 0 Å². The monoisotopic (exact) mass is 298 g/mol. The van der Waals surface area contributed by atoms with E-state index in [9.17, 15) is 4.79 Å². The summed E-state index contributed by atoms with van der Waals surface area (Å²) in [7, 11) is 0. The van der Waals surface area contributed by atoms with Gasteiger partial charge in [0.25, 0.3) is 5.91 Å². The third-order valence-electron chi connectivity index (χ3n) is 4.30. The molecule has 5 nitrogen and oxygen atoms in total. The second kappa shape index (κ2) is 5.93. The SMILES string of the molecule is Cc1cc(C(=O)N2CCNC[C@H]2C)c(C)n1-c1ccccn1. The van der Waals surface area contributed by atoms with Crippen LogP contribution in [0.4, 0.5) is 0 Å². The molecule has 5 heteroatoms. The molecule has 3 heterocycles. The van der Waals surface area contributed by atoms with Gasteiger partial charge >= 0.3 is 0 Å². The first kappa shape index (κ1) is 14.8. The van der Waals surface area contributed by atoms with Gasteiger partial charge in [-0.25, -0.2) is 4.98 Å². The minimum Gasteiger partial charge on any atom is -0.333 e. The highest BCUT2D eigenvalue weighted by Gasteiger charge is 2.27. The molecular formula is C17H22N4O. The quantitative estimate of drug-likeness (QED) is 0.921. The minimum atomic E-state index is 0.115. The van der Waals surface area contributed by atoms with E-state index in [1.807, 2.05) is 47.6 Å². The average molecular weight is 298 g/mol. The fraction of sp³-hybridized carbons (Fsp3) is 0.412. The van der Waals surface area contributed by atoms with Crippen molar-refractivity contribution in [3.05, 3.63) is 47.4 Å². The van der Waals surface area contributed by atoms with Crippen LogP contribution in [0, 0.1) is 13.8 Å². The Hall–Kier alpha value is -2.14. The van der Waals surface area contributed by atoms with E-state index in [0.29, 0.717) is 0 Å². The normalized spacial score (nSPS) is 18.5. The molecule has 1 fully saturated rings. The Morgan fingerprint density at radius 1 is 1.36 bits per heavy atom. The maximum atomic E-state index is 12.9. The average Bonchev–Trinajstić information content (AvgIpc) is 2.83. The van der Waals surface area contributed by atoms with Crippen LogP contribution in [-0.2, 0) is 0 Å². The molecule has 0 aromatic carbocycles. The number of carbonyl (C=O) groups is 1. The predicted molar refractivity (Wildman–Crippen MR) is 86.4 cm³/mol. The van der Waals surface area contributed by atoms with Crippen molar-refractivity contribution in [2.24, 2.45) is 0 Å². The molecule has 2 aromatic rings. The lowest BCUT2D eigenvalue weighted by molar-refractivity contribution is 0.0655. The molecule has 1 saturated heterocycles. The Morgan fingerprint density at radius 3 is 2.86 bits per heavy atom. The van der Waals surface area contributed by atoms with Crippen LogP contribution < -0.4 is 5.32 Å². The predicted octanol–water partition coefficient (Wildman–Crippen LogP) is 1.92. The third-order valence-corrected chi connectivity index (χ3v) is 4.30. The molecule has 116 valence electrons. The van der Waals surface area contributed by atoms with Crippen LogP contribution in [0.1, 0.15) is 28.7 Å². The molecule has 22 heavy (non-hydrogen) atoms. The molecule has 1 aliphatic heterocycles. The number of amides is 1. The van der Waals surface area contributed by atoms with Gasteiger partial charge in [0.05, 0.1) is 5.56 Å². The number of nitrogens with one attached hydrogen (secondary N) is 1. The highest BCUT2D eigenvalue weighted by Crippen LogP contribution is 2.22. The minimum absolute atomic E-state index is 0.115. The number of nitrogens with zero attached hydrogens (tertiary/aromatic N) is 3. The van der Waals surface area contributed by atoms with Gasteiger partial charge in [-0.3, -0.25) is 4.79 Å². The lowest BCUT2D eigenvalue weighted by Crippen LogP contribution is -2.52. The third kappa shape index (κ3) is 2.52. The Morgan fingerprint density at radius 2 is 2.18 bits per heavy atom. The van der Waals surface area contributed by atoms with Crippen LogP contribution in [0.5, 0.6) is 0 Å². The molecule has 1 amide bonds. The molecule has 3 rings (SSSR count). The maximum absolute atomic E-state index is 12.9. The van der Waals surface area contributed by atoms with Gasteiger partial charge in [0.1, 0.15) is 5.82 Å². The molecule has 2 aromatic heterocycles. The van der Waals surface area contributed by atoms with E-state index in [1.54, 1.807) is 6.20 Å². The Bertz CT molecular complexity index is 677. The molecule has 0 aliphatic carbocycles. The summed E-state index contributed by atoms with van der Waals surface area (Å²) in [5.41, 5.74) is 2.76. The summed E-state index contributed by atoms with van der Waals surface area (Å²) in [4.78, 5) is 19.3. The zero-order valence-corrected chi connectivity index (χ0v) is 13.3. The molecule has 0 saturated carbocycles. The maximum Gasteiger partial charge on any atom is 0.256 e. The first-order valence-corrected chi connectivity index (χ1v) is 7.71. The number of pyridine rings is 1. The highest BCUT2D eigenvalue weighted by molar-refractivity contribution is 5.96. The highest BCUT2D eigenvalue weighted by atomic mass is 16.2. The molecule has 1 aliphatic rings. The molecule has 0 radical (unpaired) electrons. The fourth-order valence-electron chi connectivity index (χ4n) is 3.12. The van der Waals surface area contributed by atoms with Crippen molar-refractivity contribution in [2.75, 3.05) is 19.6 Å². The number of hydrogen-bond acceptors (Lipinski definition) is 3. The zero-order chi connectivity index (χ0) is 15.7. The number of carbonyl (C=O) groups excluding carboxylic acids is 1. The van der Waals surface area contributed by atoms with Crippen molar-refractivity contribution in [1.82, 2.24) is 19.8 Å². The summed E-state index contributed by atoms with van der Waals surface area (Å²) in [5, 5.41) is 3.32. The van der Waals surface area contributed by atoms with E-state index in [-0.39, 0.29) is 11.9 Å². The molecule has 0 bridgehead atoms. The Labute approximate surface area is 131 Å². The second-order valence-electron chi connectivity index (χ2n) is 5.86. The van der Waals surface area contributed by atoms with Crippen molar-refractivity contribution < 1.29 is 4.79 Å². The molecule has 0 spiro atoms.